The van der Waals surface area contributed by atoms with Crippen molar-refractivity contribution < 1.29 is 0 Å². The largest absolute Gasteiger partial charge is 0.0616 e. The van der Waals surface area contributed by atoms with Gasteiger partial charge in [0.25, 0.3) is 0 Å². The van der Waals surface area contributed by atoms with Crippen molar-refractivity contribution in [1.29, 1.82) is 0 Å². The van der Waals surface area contributed by atoms with E-state index in [1.165, 1.54) is 5.57 Å². The zero-order valence-corrected chi connectivity index (χ0v) is 15.4. The normalized spacial score (nSPS) is 19.2. The molecule has 0 nitrogen and oxygen atoms in total. The molecule has 0 heteroatoms. The van der Waals surface area contributed by atoms with Crippen LogP contribution in [0.1, 0.15) is 69.2 Å². The maximum absolute atomic E-state index is 4.01. The van der Waals surface area contributed by atoms with Crippen LogP contribution in [0, 0.1) is 41.1 Å². The van der Waals surface area contributed by atoms with Crippen molar-refractivity contribution in [3.63, 3.8) is 0 Å². The number of hydrogen-bond donors (Lipinski definition) is 0. The highest BCUT2D eigenvalue weighted by Gasteiger charge is 2.46. The summed E-state index contributed by atoms with van der Waals surface area (Å²) >= 11 is 0. The second-order valence-corrected chi connectivity index (χ2v) is 8.01. The topological polar surface area (TPSA) is 0 Å². The fourth-order valence-electron chi connectivity index (χ4n) is 4.17. The van der Waals surface area contributed by atoms with Crippen LogP contribution >= 0.6 is 0 Å². The molecule has 0 spiro atoms. The first-order chi connectivity index (χ1) is 9.07. The molecule has 0 N–H and O–H groups in total. The van der Waals surface area contributed by atoms with Crippen LogP contribution in [0.4, 0.5) is 0 Å². The lowest BCUT2D eigenvalue weighted by molar-refractivity contribution is 0.206. The van der Waals surface area contributed by atoms with E-state index < -0.39 is 0 Å². The Morgan fingerprint density at radius 2 is 1.10 bits per heavy atom. The minimum Gasteiger partial charge on any atom is -0.0616 e. The predicted octanol–water partition coefficient (Wildman–Crippen LogP) is 6.29. The average Bonchev–Trinajstić information content (AvgIpc) is 2.65. The minimum atomic E-state index is 0.132. The van der Waals surface area contributed by atoms with E-state index in [0.717, 1.165) is 0 Å². The number of hydrogen-bond acceptors (Lipinski definition) is 0. The monoisotopic (exact) mass is 275 g/mol. The van der Waals surface area contributed by atoms with Crippen molar-refractivity contribution in [3.05, 3.63) is 22.8 Å². The molecule has 0 fully saturated rings. The third-order valence-electron chi connectivity index (χ3n) is 4.92. The van der Waals surface area contributed by atoms with Gasteiger partial charge in [-0.2, -0.15) is 0 Å². The van der Waals surface area contributed by atoms with Gasteiger partial charge < -0.3 is 0 Å². The van der Waals surface area contributed by atoms with Gasteiger partial charge >= 0.3 is 0 Å². The molecule has 0 aromatic heterocycles. The second-order valence-electron chi connectivity index (χ2n) is 8.01. The molecule has 1 aliphatic rings. The molecule has 115 valence electrons. The molecule has 0 heterocycles. The Morgan fingerprint density at radius 3 is 1.35 bits per heavy atom. The van der Waals surface area contributed by atoms with Gasteiger partial charge in [-0.1, -0.05) is 74.8 Å². The quantitative estimate of drug-likeness (QED) is 0.553. The van der Waals surface area contributed by atoms with Crippen LogP contribution < -0.4 is 0 Å². The van der Waals surface area contributed by atoms with E-state index in [1.807, 2.05) is 0 Å². The summed E-state index contributed by atoms with van der Waals surface area (Å²) in [6.07, 6.45) is 4.01. The summed E-state index contributed by atoms with van der Waals surface area (Å²) in [4.78, 5) is 0. The van der Waals surface area contributed by atoms with Crippen LogP contribution in [0.2, 0.25) is 0 Å². The van der Waals surface area contributed by atoms with Crippen molar-refractivity contribution in [2.45, 2.75) is 69.2 Å². The summed E-state index contributed by atoms with van der Waals surface area (Å²) in [5.41, 5.74) is 4.90. The third-order valence-corrected chi connectivity index (χ3v) is 4.92. The first kappa shape index (κ1) is 17.5. The molecule has 0 saturated heterocycles. The maximum atomic E-state index is 4.01. The van der Waals surface area contributed by atoms with Crippen molar-refractivity contribution >= 4 is 0 Å². The van der Waals surface area contributed by atoms with Crippen LogP contribution in [0.5, 0.6) is 0 Å². The van der Waals surface area contributed by atoms with E-state index >= 15 is 0 Å². The Labute approximate surface area is 127 Å². The molecular weight excluding hydrogens is 240 g/mol. The summed E-state index contributed by atoms with van der Waals surface area (Å²) < 4.78 is 0. The Hall–Kier alpha value is -0.520. The molecule has 0 aromatic rings. The molecule has 0 unspecified atom stereocenters. The van der Waals surface area contributed by atoms with Crippen LogP contribution in [-0.2, 0) is 0 Å². The highest BCUT2D eigenvalue weighted by atomic mass is 14.5. The van der Waals surface area contributed by atoms with E-state index in [0.29, 0.717) is 29.6 Å². The SMILES string of the molecule is CC(C)C1=[C]C(C(C)C)(C(C)C)C(C(C)C)=C1C(C)C. The highest BCUT2D eigenvalue weighted by molar-refractivity contribution is 5.49. The van der Waals surface area contributed by atoms with Crippen LogP contribution in [0.15, 0.2) is 16.7 Å². The average molecular weight is 276 g/mol. The molecular formula is C20H35. The standard InChI is InChI=1S/C20H35/c1-12(2)17-11-20(15(7)8,16(9)10)19(14(5)6)18(17)13(3)4/h12-16H,1-10H3. The Morgan fingerprint density at radius 1 is 0.650 bits per heavy atom. The Kier molecular flexibility index (Phi) is 5.33. The summed E-state index contributed by atoms with van der Waals surface area (Å²) in [5.74, 6) is 2.97. The van der Waals surface area contributed by atoms with E-state index in [-0.39, 0.29) is 5.41 Å². The molecule has 0 atom stereocenters. The molecule has 1 aliphatic carbocycles. The molecule has 0 bridgehead atoms. The summed E-state index contributed by atoms with van der Waals surface area (Å²) in [5, 5.41) is 0. The van der Waals surface area contributed by atoms with Gasteiger partial charge in [-0.15, -0.1) is 0 Å². The summed E-state index contributed by atoms with van der Waals surface area (Å²) in [7, 11) is 0. The van der Waals surface area contributed by atoms with Gasteiger partial charge in [0, 0.05) is 5.41 Å². The number of allylic oxidation sites excluding steroid dienone is 4. The zero-order chi connectivity index (χ0) is 15.8. The lowest BCUT2D eigenvalue weighted by Gasteiger charge is -2.41. The highest BCUT2D eigenvalue weighted by Crippen LogP contribution is 2.55. The molecule has 0 amide bonds. The van der Waals surface area contributed by atoms with Gasteiger partial charge in [-0.3, -0.25) is 0 Å². The Balaban J connectivity index is 3.68. The summed E-state index contributed by atoms with van der Waals surface area (Å²) in [6, 6.07) is 0. The van der Waals surface area contributed by atoms with Gasteiger partial charge in [0.05, 0.1) is 0 Å². The van der Waals surface area contributed by atoms with Crippen LogP contribution in [0.3, 0.4) is 0 Å². The molecule has 0 aliphatic heterocycles. The van der Waals surface area contributed by atoms with Crippen molar-refractivity contribution in [2.75, 3.05) is 0 Å². The molecule has 1 rings (SSSR count). The summed E-state index contributed by atoms with van der Waals surface area (Å²) in [6.45, 7) is 23.5. The van der Waals surface area contributed by atoms with Crippen molar-refractivity contribution in [2.24, 2.45) is 35.0 Å². The van der Waals surface area contributed by atoms with E-state index in [1.54, 1.807) is 11.1 Å². The van der Waals surface area contributed by atoms with Gasteiger partial charge in [-0.25, -0.2) is 0 Å². The molecule has 0 aromatic carbocycles. The van der Waals surface area contributed by atoms with Gasteiger partial charge in [-0.05, 0) is 46.8 Å². The van der Waals surface area contributed by atoms with Crippen LogP contribution in [-0.4, -0.2) is 0 Å². The van der Waals surface area contributed by atoms with Crippen molar-refractivity contribution in [1.82, 2.24) is 0 Å². The van der Waals surface area contributed by atoms with Gasteiger partial charge in [0.1, 0.15) is 0 Å². The predicted molar refractivity (Wildman–Crippen MR) is 90.4 cm³/mol. The van der Waals surface area contributed by atoms with E-state index in [2.05, 4.69) is 75.3 Å². The minimum absolute atomic E-state index is 0.132. The first-order valence-corrected chi connectivity index (χ1v) is 8.47. The lowest BCUT2D eigenvalue weighted by Crippen LogP contribution is -2.34. The first-order valence-electron chi connectivity index (χ1n) is 8.47. The van der Waals surface area contributed by atoms with E-state index in [4.69, 9.17) is 0 Å². The molecule has 20 heavy (non-hydrogen) atoms. The number of rotatable bonds is 5. The zero-order valence-electron chi connectivity index (χ0n) is 15.4. The fraction of sp³-hybridized carbons (Fsp3) is 0.800. The maximum Gasteiger partial charge on any atom is 0.0222 e. The van der Waals surface area contributed by atoms with Crippen LogP contribution in [0.25, 0.3) is 0 Å². The van der Waals surface area contributed by atoms with Gasteiger partial charge in [0.2, 0.25) is 0 Å². The van der Waals surface area contributed by atoms with Crippen molar-refractivity contribution in [3.8, 4) is 0 Å². The Bertz CT molecular complexity index is 392. The molecule has 1 radical (unpaired) electrons. The smallest absolute Gasteiger partial charge is 0.0222 e. The van der Waals surface area contributed by atoms with E-state index in [9.17, 15) is 0 Å². The molecule has 0 saturated carbocycles. The fourth-order valence-corrected chi connectivity index (χ4v) is 4.17. The lowest BCUT2D eigenvalue weighted by atomic mass is 9.62. The van der Waals surface area contributed by atoms with Gasteiger partial charge in [0.15, 0.2) is 0 Å². The second kappa shape index (κ2) is 6.08. The third kappa shape index (κ3) is 2.63.